The summed E-state index contributed by atoms with van der Waals surface area (Å²) in [5.74, 6) is -1.31. The lowest BCUT2D eigenvalue weighted by Crippen LogP contribution is -2.53. The Morgan fingerprint density at radius 1 is 1.24 bits per heavy atom. The van der Waals surface area contributed by atoms with Crippen LogP contribution in [0.25, 0.3) is 0 Å². The van der Waals surface area contributed by atoms with Gasteiger partial charge < -0.3 is 24.8 Å². The number of hydrogen-bond acceptors (Lipinski definition) is 8. The van der Waals surface area contributed by atoms with Gasteiger partial charge in [-0.05, 0) is 31.8 Å². The Morgan fingerprint density at radius 3 is 2.76 bits per heavy atom. The van der Waals surface area contributed by atoms with E-state index in [1.165, 1.54) is 0 Å². The van der Waals surface area contributed by atoms with Gasteiger partial charge in [0, 0.05) is 0 Å². The number of amides is 2. The number of carbonyl (C=O) groups is 3. The van der Waals surface area contributed by atoms with Gasteiger partial charge in [0.25, 0.3) is 5.91 Å². The van der Waals surface area contributed by atoms with Gasteiger partial charge in [0.2, 0.25) is 11.8 Å². The van der Waals surface area contributed by atoms with Crippen molar-refractivity contribution in [1.29, 1.82) is 0 Å². The van der Waals surface area contributed by atoms with Crippen LogP contribution in [0.2, 0.25) is 0 Å². The second kappa shape index (κ2) is 11.6. The van der Waals surface area contributed by atoms with Gasteiger partial charge in [-0.25, -0.2) is 14.8 Å². The molecule has 10 heteroatoms. The lowest BCUT2D eigenvalue weighted by atomic mass is 10.00. The molecule has 0 aromatic rings. The molecule has 0 radical (unpaired) electrons. The number of hydrogen-bond donors (Lipinski definition) is 2. The quantitative estimate of drug-likeness (QED) is 0.341. The summed E-state index contributed by atoms with van der Waals surface area (Å²) in [4.78, 5) is 47.6. The van der Waals surface area contributed by atoms with Crippen molar-refractivity contribution in [3.05, 3.63) is 12.2 Å². The average Bonchev–Trinajstić information content (AvgIpc) is 3.42. The van der Waals surface area contributed by atoms with Gasteiger partial charge >= 0.3 is 5.97 Å². The van der Waals surface area contributed by atoms with Crippen molar-refractivity contribution in [3.8, 4) is 0 Å². The molecule has 10 nitrogen and oxygen atoms in total. The first kappa shape index (κ1) is 25.9. The van der Waals surface area contributed by atoms with Gasteiger partial charge in [0.05, 0.1) is 19.6 Å². The summed E-state index contributed by atoms with van der Waals surface area (Å²) in [6.07, 6.45) is 6.39. The number of cyclic esters (lactones) is 1. The molecule has 0 fully saturated rings. The maximum absolute atomic E-state index is 13.1. The number of ether oxygens (including phenoxy) is 3. The summed E-state index contributed by atoms with van der Waals surface area (Å²) in [5, 5.41) is 5.57. The maximum atomic E-state index is 13.1. The minimum absolute atomic E-state index is 0.0254. The summed E-state index contributed by atoms with van der Waals surface area (Å²) in [6.45, 7) is 7.79. The zero-order chi connectivity index (χ0) is 24.7. The lowest BCUT2D eigenvalue weighted by Gasteiger charge is -2.26. The van der Waals surface area contributed by atoms with Crippen molar-refractivity contribution in [2.45, 2.75) is 83.7 Å². The Hall–Kier alpha value is -2.75. The fourth-order valence-electron chi connectivity index (χ4n) is 3.79. The van der Waals surface area contributed by atoms with Crippen LogP contribution in [0.15, 0.2) is 22.1 Å². The number of allylic oxidation sites excluding steroid dienone is 1. The summed E-state index contributed by atoms with van der Waals surface area (Å²) < 4.78 is 17.0. The second-order valence-corrected chi connectivity index (χ2v) is 9.42. The number of esters is 1. The van der Waals surface area contributed by atoms with E-state index in [0.717, 1.165) is 25.7 Å². The van der Waals surface area contributed by atoms with Crippen LogP contribution in [0.3, 0.4) is 0 Å². The number of nitrogens with zero attached hydrogens (tertiary/aromatic N) is 2. The van der Waals surface area contributed by atoms with Crippen LogP contribution >= 0.6 is 0 Å². The van der Waals surface area contributed by atoms with Crippen molar-refractivity contribution in [2.24, 2.45) is 15.9 Å². The minimum atomic E-state index is -1.20. The van der Waals surface area contributed by atoms with E-state index in [1.807, 2.05) is 19.9 Å². The Kier molecular flexibility index (Phi) is 8.82. The fourth-order valence-corrected chi connectivity index (χ4v) is 3.79. The van der Waals surface area contributed by atoms with Gasteiger partial charge in [0.1, 0.15) is 24.5 Å². The summed E-state index contributed by atoms with van der Waals surface area (Å²) in [5.41, 5.74) is -0.705. The first-order valence-electron chi connectivity index (χ1n) is 12.1. The Labute approximate surface area is 200 Å². The number of aliphatic imine (C=N–C) groups is 2. The molecule has 4 unspecified atom stereocenters. The largest absolute Gasteiger partial charge is 0.473 e. The van der Waals surface area contributed by atoms with Crippen LogP contribution in [0.1, 0.15) is 59.8 Å². The Balaban J connectivity index is 1.83. The Morgan fingerprint density at radius 2 is 2.03 bits per heavy atom. The molecule has 4 atom stereocenters. The zero-order valence-corrected chi connectivity index (χ0v) is 20.5. The van der Waals surface area contributed by atoms with Crippen molar-refractivity contribution < 1.29 is 28.6 Å². The first-order chi connectivity index (χ1) is 16.2. The standard InChI is InChI=1S/C24H36N4O6/c1-5-6-7-8-9-10-16-11-18(29)25-12-19-26-17(13-32-19)21-28-24(4,14-33-21)23(31)27-20(15(2)3)22(30)34-16/h9-10,15-16,19-20H,5-8,11-14H2,1-4H3,(H,25,29)(H,27,31). The van der Waals surface area contributed by atoms with Crippen molar-refractivity contribution in [3.63, 3.8) is 0 Å². The molecule has 2 N–H and O–H groups in total. The molecule has 4 bridgehead atoms. The number of unbranched alkanes of at least 4 members (excludes halogenated alkanes) is 3. The van der Waals surface area contributed by atoms with Gasteiger partial charge in [-0.2, -0.15) is 0 Å². The van der Waals surface area contributed by atoms with E-state index in [9.17, 15) is 14.4 Å². The van der Waals surface area contributed by atoms with Crippen LogP contribution < -0.4 is 10.6 Å². The third-order valence-electron chi connectivity index (χ3n) is 5.95. The molecule has 0 spiro atoms. The monoisotopic (exact) mass is 476 g/mol. The molecular weight excluding hydrogens is 440 g/mol. The molecular formula is C24H36N4O6. The van der Waals surface area contributed by atoms with Crippen LogP contribution in [0.4, 0.5) is 0 Å². The number of carbonyl (C=O) groups excluding carboxylic acids is 3. The summed E-state index contributed by atoms with van der Waals surface area (Å²) >= 11 is 0. The third-order valence-corrected chi connectivity index (χ3v) is 5.95. The van der Waals surface area contributed by atoms with Crippen molar-refractivity contribution in [2.75, 3.05) is 19.8 Å². The number of rotatable bonds is 6. The van der Waals surface area contributed by atoms with E-state index in [4.69, 9.17) is 14.2 Å². The normalized spacial score (nSPS) is 30.5. The highest BCUT2D eigenvalue weighted by molar-refractivity contribution is 6.40. The van der Waals surface area contributed by atoms with E-state index in [1.54, 1.807) is 13.0 Å². The van der Waals surface area contributed by atoms with Crippen LogP contribution in [-0.2, 0) is 28.6 Å². The first-order valence-corrected chi connectivity index (χ1v) is 12.1. The predicted molar refractivity (Wildman–Crippen MR) is 127 cm³/mol. The van der Waals surface area contributed by atoms with E-state index < -0.39 is 35.8 Å². The lowest BCUT2D eigenvalue weighted by molar-refractivity contribution is -0.153. The van der Waals surface area contributed by atoms with Crippen LogP contribution in [-0.4, -0.2) is 73.1 Å². The summed E-state index contributed by atoms with van der Waals surface area (Å²) in [7, 11) is 0. The van der Waals surface area contributed by atoms with Crippen molar-refractivity contribution in [1.82, 2.24) is 10.6 Å². The molecule has 0 aromatic heterocycles. The third kappa shape index (κ3) is 6.65. The van der Waals surface area contributed by atoms with E-state index in [-0.39, 0.29) is 43.9 Å². The summed E-state index contributed by atoms with van der Waals surface area (Å²) in [6, 6.07) is -0.896. The van der Waals surface area contributed by atoms with E-state index in [2.05, 4.69) is 27.5 Å². The molecule has 2 amide bonds. The van der Waals surface area contributed by atoms with Crippen LogP contribution in [0, 0.1) is 5.92 Å². The van der Waals surface area contributed by atoms with Gasteiger partial charge in [0.15, 0.2) is 11.8 Å². The van der Waals surface area contributed by atoms with Gasteiger partial charge in [-0.1, -0.05) is 39.7 Å². The number of fused-ring (bicyclic) bond motifs is 3. The molecule has 0 aromatic carbocycles. The van der Waals surface area contributed by atoms with E-state index in [0.29, 0.717) is 5.71 Å². The molecule has 0 aliphatic carbocycles. The molecule has 3 aliphatic heterocycles. The van der Waals surface area contributed by atoms with Gasteiger partial charge in [-0.3, -0.25) is 9.59 Å². The topological polar surface area (TPSA) is 128 Å². The highest BCUT2D eigenvalue weighted by atomic mass is 16.5. The highest BCUT2D eigenvalue weighted by Gasteiger charge is 2.43. The molecule has 3 aliphatic rings. The molecule has 0 saturated carbocycles. The smallest absolute Gasteiger partial charge is 0.329 e. The molecule has 34 heavy (non-hydrogen) atoms. The second-order valence-electron chi connectivity index (χ2n) is 9.42. The SMILES string of the molecule is CCCCCC=CC1CC(=O)NCC2N=C(CO2)C2=NC(C)(CO2)C(=O)NC(C(C)C)C(=O)O1. The fraction of sp³-hybridized carbons (Fsp3) is 0.708. The average molecular weight is 477 g/mol. The molecule has 3 heterocycles. The molecule has 188 valence electrons. The minimum Gasteiger partial charge on any atom is -0.473 e. The highest BCUT2D eigenvalue weighted by Crippen LogP contribution is 2.22. The Bertz CT molecular complexity index is 868. The predicted octanol–water partition coefficient (Wildman–Crippen LogP) is 1.68. The molecule has 3 rings (SSSR count). The van der Waals surface area contributed by atoms with Crippen LogP contribution in [0.5, 0.6) is 0 Å². The van der Waals surface area contributed by atoms with Gasteiger partial charge in [-0.15, -0.1) is 0 Å². The number of nitrogens with one attached hydrogen (secondary N) is 2. The maximum Gasteiger partial charge on any atom is 0.329 e. The van der Waals surface area contributed by atoms with E-state index >= 15 is 0 Å². The van der Waals surface area contributed by atoms with Crippen molar-refractivity contribution >= 4 is 29.4 Å². The molecule has 0 saturated heterocycles. The zero-order valence-electron chi connectivity index (χ0n) is 20.5.